The van der Waals surface area contributed by atoms with Gasteiger partial charge in [-0.2, -0.15) is 0 Å². The molecule has 2 saturated heterocycles. The summed E-state index contributed by atoms with van der Waals surface area (Å²) in [5.41, 5.74) is 7.19. The minimum absolute atomic E-state index is 0.0256. The van der Waals surface area contributed by atoms with E-state index in [4.69, 9.17) is 10.5 Å². The van der Waals surface area contributed by atoms with Gasteiger partial charge in [0.1, 0.15) is 17.6 Å². The lowest BCUT2D eigenvalue weighted by molar-refractivity contribution is -0.135. The highest BCUT2D eigenvalue weighted by atomic mass is 16.5. The lowest BCUT2D eigenvalue weighted by Crippen LogP contribution is -2.55. The van der Waals surface area contributed by atoms with E-state index >= 15 is 0 Å². The smallest absolute Gasteiger partial charge is 0.260 e. The van der Waals surface area contributed by atoms with Crippen molar-refractivity contribution in [2.75, 3.05) is 37.7 Å². The molecule has 2 fully saturated rings. The van der Waals surface area contributed by atoms with Gasteiger partial charge in [0, 0.05) is 38.4 Å². The van der Waals surface area contributed by atoms with E-state index in [1.807, 2.05) is 41.0 Å². The van der Waals surface area contributed by atoms with Crippen molar-refractivity contribution in [3.8, 4) is 5.75 Å². The van der Waals surface area contributed by atoms with Gasteiger partial charge in [0.25, 0.3) is 11.8 Å². The van der Waals surface area contributed by atoms with E-state index in [2.05, 4.69) is 18.8 Å². The summed E-state index contributed by atoms with van der Waals surface area (Å²) >= 11 is 0. The fourth-order valence-corrected chi connectivity index (χ4v) is 4.97. The Bertz CT molecular complexity index is 1100. The molecule has 0 saturated carbocycles. The second-order valence-electron chi connectivity index (χ2n) is 9.83. The van der Waals surface area contributed by atoms with Crippen molar-refractivity contribution in [1.29, 1.82) is 0 Å². The molecule has 9 nitrogen and oxygen atoms in total. The fraction of sp³-hybridized carbons (Fsp3) is 0.481. The van der Waals surface area contributed by atoms with Crippen molar-refractivity contribution in [3.63, 3.8) is 0 Å². The number of rotatable bonds is 7. The second-order valence-corrected chi connectivity index (χ2v) is 9.83. The summed E-state index contributed by atoms with van der Waals surface area (Å²) in [5, 5.41) is 0. The lowest BCUT2D eigenvalue weighted by Gasteiger charge is -2.41. The number of anilines is 1. The highest BCUT2D eigenvalue weighted by Crippen LogP contribution is 2.26. The molecule has 3 amide bonds. The van der Waals surface area contributed by atoms with E-state index in [0.29, 0.717) is 55.6 Å². The van der Waals surface area contributed by atoms with Crippen LogP contribution in [0.4, 0.5) is 5.82 Å². The summed E-state index contributed by atoms with van der Waals surface area (Å²) in [6.45, 7) is 8.29. The summed E-state index contributed by atoms with van der Waals surface area (Å²) < 4.78 is 5.75. The first-order chi connectivity index (χ1) is 17.3. The number of hydrogen-bond acceptors (Lipinski definition) is 6. The van der Waals surface area contributed by atoms with Gasteiger partial charge in [0.2, 0.25) is 5.91 Å². The third-order valence-corrected chi connectivity index (χ3v) is 7.02. The first-order valence-corrected chi connectivity index (χ1v) is 12.6. The highest BCUT2D eigenvalue weighted by Gasteiger charge is 2.36. The molecule has 9 heteroatoms. The van der Waals surface area contributed by atoms with Crippen LogP contribution in [0.1, 0.15) is 55.5 Å². The minimum atomic E-state index is -0.583. The third-order valence-electron chi connectivity index (χ3n) is 7.02. The van der Waals surface area contributed by atoms with E-state index in [9.17, 15) is 14.4 Å². The topological polar surface area (TPSA) is 109 Å². The van der Waals surface area contributed by atoms with Crippen LogP contribution in [0.5, 0.6) is 5.75 Å². The van der Waals surface area contributed by atoms with Gasteiger partial charge in [-0.25, -0.2) is 4.98 Å². The standard InChI is InChI=1S/C27H35N5O4/c1-18(2)20-8-10-21(11-9-20)36-17-24(33)31-15-14-30(16-19(31)3)26-22(6-4-12-29-26)27(35)32-13-5-7-23(32)25(28)34/h4,6,8-12,18-19,23H,5,7,13-17H2,1-3H3,(H2,28,34). The Morgan fingerprint density at radius 2 is 1.83 bits per heavy atom. The van der Waals surface area contributed by atoms with Crippen molar-refractivity contribution < 1.29 is 19.1 Å². The number of carbonyl (C=O) groups excluding carboxylic acids is 3. The predicted molar refractivity (Wildman–Crippen MR) is 137 cm³/mol. The normalized spacial score (nSPS) is 20.1. The molecule has 1 aromatic heterocycles. The highest BCUT2D eigenvalue weighted by molar-refractivity contribution is 6.01. The van der Waals surface area contributed by atoms with E-state index in [0.717, 1.165) is 6.42 Å². The molecule has 2 unspecified atom stereocenters. The Morgan fingerprint density at radius 1 is 1.08 bits per heavy atom. The summed E-state index contributed by atoms with van der Waals surface area (Å²) in [6, 6.07) is 10.6. The quantitative estimate of drug-likeness (QED) is 0.635. The lowest BCUT2D eigenvalue weighted by atomic mass is 10.0. The van der Waals surface area contributed by atoms with E-state index in [-0.39, 0.29) is 24.5 Å². The maximum Gasteiger partial charge on any atom is 0.260 e. The van der Waals surface area contributed by atoms with Gasteiger partial charge in [-0.3, -0.25) is 14.4 Å². The number of amides is 3. The molecule has 0 aliphatic carbocycles. The van der Waals surface area contributed by atoms with Crippen LogP contribution in [0.2, 0.25) is 0 Å². The number of piperazine rings is 1. The molecule has 4 rings (SSSR count). The van der Waals surface area contributed by atoms with Crippen LogP contribution in [0.15, 0.2) is 42.6 Å². The van der Waals surface area contributed by atoms with Gasteiger partial charge in [-0.15, -0.1) is 0 Å². The summed E-state index contributed by atoms with van der Waals surface area (Å²) in [7, 11) is 0. The van der Waals surface area contributed by atoms with Crippen molar-refractivity contribution >= 4 is 23.5 Å². The van der Waals surface area contributed by atoms with E-state index < -0.39 is 11.9 Å². The molecule has 2 N–H and O–H groups in total. The fourth-order valence-electron chi connectivity index (χ4n) is 4.97. The summed E-state index contributed by atoms with van der Waals surface area (Å²) in [4.78, 5) is 48.0. The van der Waals surface area contributed by atoms with Crippen molar-refractivity contribution in [2.45, 2.75) is 51.6 Å². The number of likely N-dealkylation sites (tertiary alicyclic amines) is 1. The number of hydrogen-bond donors (Lipinski definition) is 1. The van der Waals surface area contributed by atoms with Gasteiger partial charge >= 0.3 is 0 Å². The molecule has 2 aromatic rings. The first kappa shape index (κ1) is 25.5. The molecule has 36 heavy (non-hydrogen) atoms. The zero-order chi connectivity index (χ0) is 25.8. The average molecular weight is 494 g/mol. The number of ether oxygens (including phenoxy) is 1. The van der Waals surface area contributed by atoms with Crippen LogP contribution < -0.4 is 15.4 Å². The number of primary amides is 1. The molecule has 0 bridgehead atoms. The van der Waals surface area contributed by atoms with Crippen LogP contribution in [-0.4, -0.2) is 77.4 Å². The average Bonchev–Trinajstić information content (AvgIpc) is 3.37. The number of carbonyl (C=O) groups is 3. The number of aromatic nitrogens is 1. The Hall–Kier alpha value is -3.62. The molecule has 192 valence electrons. The number of benzene rings is 1. The third kappa shape index (κ3) is 5.45. The minimum Gasteiger partial charge on any atom is -0.484 e. The monoisotopic (exact) mass is 493 g/mol. The van der Waals surface area contributed by atoms with Gasteiger partial charge in [0.05, 0.1) is 5.56 Å². The van der Waals surface area contributed by atoms with Crippen LogP contribution in [-0.2, 0) is 9.59 Å². The van der Waals surface area contributed by atoms with Gasteiger partial charge in [-0.1, -0.05) is 26.0 Å². The summed E-state index contributed by atoms with van der Waals surface area (Å²) in [5.74, 6) is 0.888. The van der Waals surface area contributed by atoms with Crippen molar-refractivity contribution in [1.82, 2.24) is 14.8 Å². The molecule has 1 aromatic carbocycles. The Morgan fingerprint density at radius 3 is 2.50 bits per heavy atom. The largest absolute Gasteiger partial charge is 0.484 e. The SMILES string of the molecule is CC(C)c1ccc(OCC(=O)N2CCN(c3ncccc3C(=O)N3CCCC3C(N)=O)CC2C)cc1. The molecular weight excluding hydrogens is 458 g/mol. The maximum absolute atomic E-state index is 13.3. The Balaban J connectivity index is 1.39. The van der Waals surface area contributed by atoms with Gasteiger partial charge in [0.15, 0.2) is 6.61 Å². The molecule has 2 atom stereocenters. The predicted octanol–water partition coefficient (Wildman–Crippen LogP) is 2.41. The van der Waals surface area contributed by atoms with E-state index in [1.54, 1.807) is 23.2 Å². The first-order valence-electron chi connectivity index (χ1n) is 12.6. The molecular formula is C27H35N5O4. The Kier molecular flexibility index (Phi) is 7.76. The maximum atomic E-state index is 13.3. The van der Waals surface area contributed by atoms with Crippen LogP contribution >= 0.6 is 0 Å². The van der Waals surface area contributed by atoms with Crippen molar-refractivity contribution in [3.05, 3.63) is 53.7 Å². The van der Waals surface area contributed by atoms with Gasteiger partial charge < -0.3 is 25.2 Å². The molecule has 0 spiro atoms. The molecule has 0 radical (unpaired) electrons. The zero-order valence-corrected chi connectivity index (χ0v) is 21.2. The number of nitrogens with two attached hydrogens (primary N) is 1. The van der Waals surface area contributed by atoms with Gasteiger partial charge in [-0.05, 0) is 55.5 Å². The van der Waals surface area contributed by atoms with Crippen LogP contribution in [0, 0.1) is 0 Å². The van der Waals surface area contributed by atoms with E-state index in [1.165, 1.54) is 5.56 Å². The Labute approximate surface area is 212 Å². The van der Waals surface area contributed by atoms with Crippen molar-refractivity contribution in [2.24, 2.45) is 5.73 Å². The molecule has 2 aliphatic rings. The van der Waals surface area contributed by atoms with Crippen LogP contribution in [0.3, 0.4) is 0 Å². The number of nitrogens with zero attached hydrogens (tertiary/aromatic N) is 4. The molecule has 2 aliphatic heterocycles. The zero-order valence-electron chi connectivity index (χ0n) is 21.2. The number of pyridine rings is 1. The second kappa shape index (κ2) is 11.0. The molecule has 3 heterocycles. The summed E-state index contributed by atoms with van der Waals surface area (Å²) in [6.07, 6.45) is 2.98. The van der Waals surface area contributed by atoms with Crippen LogP contribution in [0.25, 0.3) is 0 Å².